The Morgan fingerprint density at radius 1 is 1.38 bits per heavy atom. The lowest BCUT2D eigenvalue weighted by molar-refractivity contribution is -0.0779. The third kappa shape index (κ3) is 3.66. The second-order valence-electron chi connectivity index (χ2n) is 6.98. The standard InChI is InChI=1S/C17H25BrFNO/c1-6-20-15(12-8-7-11(18)9-14(12)19)13-10-16(2,3)21-17(13,4)5/h7-9,13,15,20H,6,10H2,1-5H3. The first-order valence-electron chi connectivity index (χ1n) is 7.55. The van der Waals surface area contributed by atoms with Crippen molar-refractivity contribution in [2.45, 2.75) is 58.3 Å². The molecule has 1 aromatic carbocycles. The summed E-state index contributed by atoms with van der Waals surface area (Å²) < 4.78 is 21.4. The van der Waals surface area contributed by atoms with Crippen LogP contribution < -0.4 is 5.32 Å². The molecule has 2 rings (SSSR count). The molecule has 21 heavy (non-hydrogen) atoms. The van der Waals surface area contributed by atoms with Crippen LogP contribution in [0.2, 0.25) is 0 Å². The van der Waals surface area contributed by atoms with E-state index in [-0.39, 0.29) is 29.0 Å². The Morgan fingerprint density at radius 3 is 2.52 bits per heavy atom. The lowest BCUT2D eigenvalue weighted by Crippen LogP contribution is -2.38. The van der Waals surface area contributed by atoms with Gasteiger partial charge in [0.05, 0.1) is 11.2 Å². The highest BCUT2D eigenvalue weighted by molar-refractivity contribution is 9.10. The van der Waals surface area contributed by atoms with Crippen molar-refractivity contribution in [3.63, 3.8) is 0 Å². The maximum Gasteiger partial charge on any atom is 0.129 e. The average molecular weight is 358 g/mol. The molecule has 2 nitrogen and oxygen atoms in total. The van der Waals surface area contributed by atoms with E-state index in [1.165, 1.54) is 6.07 Å². The van der Waals surface area contributed by atoms with Crippen LogP contribution in [0.25, 0.3) is 0 Å². The van der Waals surface area contributed by atoms with Gasteiger partial charge in [-0.2, -0.15) is 0 Å². The van der Waals surface area contributed by atoms with E-state index in [2.05, 4.69) is 55.9 Å². The van der Waals surface area contributed by atoms with Crippen LogP contribution in [0.4, 0.5) is 4.39 Å². The lowest BCUT2D eigenvalue weighted by atomic mass is 9.78. The highest BCUT2D eigenvalue weighted by Crippen LogP contribution is 2.48. The van der Waals surface area contributed by atoms with Crippen molar-refractivity contribution in [3.05, 3.63) is 34.1 Å². The van der Waals surface area contributed by atoms with Crippen LogP contribution in [0.3, 0.4) is 0 Å². The zero-order valence-corrected chi connectivity index (χ0v) is 15.1. The Hall–Kier alpha value is -0.450. The Morgan fingerprint density at radius 2 is 2.05 bits per heavy atom. The Bertz CT molecular complexity index is 516. The van der Waals surface area contributed by atoms with E-state index in [1.54, 1.807) is 0 Å². The molecule has 0 aromatic heterocycles. The van der Waals surface area contributed by atoms with Crippen LogP contribution in [0.15, 0.2) is 22.7 Å². The van der Waals surface area contributed by atoms with Gasteiger partial charge in [0.1, 0.15) is 5.82 Å². The molecular formula is C17H25BrFNO. The molecule has 0 saturated carbocycles. The molecule has 0 aliphatic carbocycles. The first-order valence-corrected chi connectivity index (χ1v) is 8.34. The van der Waals surface area contributed by atoms with Crippen LogP contribution in [-0.4, -0.2) is 17.7 Å². The maximum absolute atomic E-state index is 14.4. The Labute approximate surface area is 135 Å². The van der Waals surface area contributed by atoms with Gasteiger partial charge in [0.25, 0.3) is 0 Å². The molecular weight excluding hydrogens is 333 g/mol. The predicted molar refractivity (Wildman–Crippen MR) is 87.9 cm³/mol. The average Bonchev–Trinajstić information content (AvgIpc) is 2.55. The molecule has 1 saturated heterocycles. The summed E-state index contributed by atoms with van der Waals surface area (Å²) in [6.07, 6.45) is 0.910. The van der Waals surface area contributed by atoms with Crippen molar-refractivity contribution in [3.8, 4) is 0 Å². The third-order valence-corrected chi connectivity index (χ3v) is 4.76. The number of nitrogens with one attached hydrogen (secondary N) is 1. The minimum Gasteiger partial charge on any atom is -0.369 e. The number of hydrogen-bond donors (Lipinski definition) is 1. The van der Waals surface area contributed by atoms with Gasteiger partial charge in [-0.05, 0) is 52.8 Å². The van der Waals surface area contributed by atoms with E-state index in [0.29, 0.717) is 0 Å². The van der Waals surface area contributed by atoms with E-state index in [0.717, 1.165) is 23.0 Å². The van der Waals surface area contributed by atoms with Crippen molar-refractivity contribution in [2.24, 2.45) is 5.92 Å². The van der Waals surface area contributed by atoms with Gasteiger partial charge >= 0.3 is 0 Å². The Balaban J connectivity index is 2.39. The molecule has 0 spiro atoms. The minimum absolute atomic E-state index is 0.0418. The highest BCUT2D eigenvalue weighted by Gasteiger charge is 2.49. The molecule has 2 atom stereocenters. The second kappa shape index (κ2) is 5.98. The summed E-state index contributed by atoms with van der Waals surface area (Å²) in [6, 6.07) is 5.26. The molecule has 1 N–H and O–H groups in total. The van der Waals surface area contributed by atoms with Gasteiger partial charge in [0, 0.05) is 22.0 Å². The van der Waals surface area contributed by atoms with Gasteiger partial charge in [-0.3, -0.25) is 0 Å². The normalized spacial score (nSPS) is 25.0. The molecule has 0 bridgehead atoms. The van der Waals surface area contributed by atoms with Crippen LogP contribution in [0, 0.1) is 11.7 Å². The van der Waals surface area contributed by atoms with E-state index in [4.69, 9.17) is 4.74 Å². The van der Waals surface area contributed by atoms with Crippen molar-refractivity contribution >= 4 is 15.9 Å². The van der Waals surface area contributed by atoms with E-state index < -0.39 is 0 Å². The number of rotatable bonds is 4. The smallest absolute Gasteiger partial charge is 0.129 e. The van der Waals surface area contributed by atoms with Crippen LogP contribution in [0.5, 0.6) is 0 Å². The fourth-order valence-electron chi connectivity index (χ4n) is 3.57. The van der Waals surface area contributed by atoms with Gasteiger partial charge in [0.15, 0.2) is 0 Å². The van der Waals surface area contributed by atoms with E-state index in [1.807, 2.05) is 12.1 Å². The highest BCUT2D eigenvalue weighted by atomic mass is 79.9. The fourth-order valence-corrected chi connectivity index (χ4v) is 3.90. The molecule has 118 valence electrons. The molecule has 1 fully saturated rings. The summed E-state index contributed by atoms with van der Waals surface area (Å²) in [4.78, 5) is 0. The summed E-state index contributed by atoms with van der Waals surface area (Å²) >= 11 is 3.32. The van der Waals surface area contributed by atoms with Crippen molar-refractivity contribution in [1.82, 2.24) is 5.32 Å². The van der Waals surface area contributed by atoms with E-state index in [9.17, 15) is 4.39 Å². The van der Waals surface area contributed by atoms with Gasteiger partial charge in [-0.25, -0.2) is 4.39 Å². The zero-order valence-electron chi connectivity index (χ0n) is 13.5. The molecule has 0 amide bonds. The van der Waals surface area contributed by atoms with Gasteiger partial charge in [-0.1, -0.05) is 28.9 Å². The number of ether oxygens (including phenoxy) is 1. The van der Waals surface area contributed by atoms with Crippen molar-refractivity contribution < 1.29 is 9.13 Å². The maximum atomic E-state index is 14.4. The molecule has 2 unspecified atom stereocenters. The Kier molecular flexibility index (Phi) is 4.81. The summed E-state index contributed by atoms with van der Waals surface area (Å²) in [5, 5.41) is 3.46. The van der Waals surface area contributed by atoms with Crippen LogP contribution >= 0.6 is 15.9 Å². The molecule has 1 aliphatic rings. The number of benzene rings is 1. The fraction of sp³-hybridized carbons (Fsp3) is 0.647. The summed E-state index contributed by atoms with van der Waals surface area (Å²) in [6.45, 7) is 11.3. The molecule has 1 heterocycles. The van der Waals surface area contributed by atoms with Crippen molar-refractivity contribution in [1.29, 1.82) is 0 Å². The minimum atomic E-state index is -0.282. The molecule has 0 radical (unpaired) electrons. The van der Waals surface area contributed by atoms with Gasteiger partial charge < -0.3 is 10.1 Å². The van der Waals surface area contributed by atoms with Gasteiger partial charge in [-0.15, -0.1) is 0 Å². The quantitative estimate of drug-likeness (QED) is 0.832. The van der Waals surface area contributed by atoms with E-state index >= 15 is 0 Å². The lowest BCUT2D eigenvalue weighted by Gasteiger charge is -2.34. The first kappa shape index (κ1) is 16.9. The monoisotopic (exact) mass is 357 g/mol. The SMILES string of the molecule is CCNC(c1ccc(Br)cc1F)C1CC(C)(C)OC1(C)C. The third-order valence-electron chi connectivity index (χ3n) is 4.27. The summed E-state index contributed by atoms with van der Waals surface area (Å²) in [5.74, 6) is 0.0546. The number of hydrogen-bond acceptors (Lipinski definition) is 2. The van der Waals surface area contributed by atoms with Crippen molar-refractivity contribution in [2.75, 3.05) is 6.54 Å². The first-order chi connectivity index (χ1) is 9.66. The second-order valence-corrected chi connectivity index (χ2v) is 7.89. The molecule has 1 aliphatic heterocycles. The predicted octanol–water partition coefficient (Wildman–Crippen LogP) is 4.83. The van der Waals surface area contributed by atoms with Crippen LogP contribution in [-0.2, 0) is 4.74 Å². The van der Waals surface area contributed by atoms with Gasteiger partial charge in [0.2, 0.25) is 0 Å². The molecule has 4 heteroatoms. The summed E-state index contributed by atoms with van der Waals surface area (Å²) in [5.41, 5.74) is 0.267. The summed E-state index contributed by atoms with van der Waals surface area (Å²) in [7, 11) is 0. The molecule has 1 aromatic rings. The topological polar surface area (TPSA) is 21.3 Å². The largest absolute Gasteiger partial charge is 0.369 e. The number of halogens is 2. The van der Waals surface area contributed by atoms with Crippen LogP contribution in [0.1, 0.15) is 52.6 Å². The zero-order chi connectivity index (χ0) is 15.8.